The Kier molecular flexibility index (Phi) is 7.15. The van der Waals surface area contributed by atoms with E-state index >= 15 is 0 Å². The molecule has 0 heterocycles. The van der Waals surface area contributed by atoms with E-state index in [1.807, 2.05) is 0 Å². The first-order valence-electron chi connectivity index (χ1n) is 4.61. The van der Waals surface area contributed by atoms with Crippen LogP contribution >= 0.6 is 0 Å². The van der Waals surface area contributed by atoms with Crippen LogP contribution in [0.25, 0.3) is 0 Å². The Bertz CT molecular complexity index is 233. The summed E-state index contributed by atoms with van der Waals surface area (Å²) in [4.78, 5) is 21.5. The van der Waals surface area contributed by atoms with Gasteiger partial charge >= 0.3 is 0 Å². The highest BCUT2D eigenvalue weighted by Gasteiger charge is 1.98. The second-order valence-electron chi connectivity index (χ2n) is 2.74. The molecule has 0 aromatic rings. The van der Waals surface area contributed by atoms with E-state index in [1.54, 1.807) is 13.0 Å². The van der Waals surface area contributed by atoms with Crippen LogP contribution in [0.15, 0.2) is 0 Å². The maximum Gasteiger partial charge on any atom is 0.234 e. The number of hydrogen-bond acceptors (Lipinski definition) is 3. The lowest BCUT2D eigenvalue weighted by atomic mass is 10.3. The molecule has 0 aromatic heterocycles. The van der Waals surface area contributed by atoms with Gasteiger partial charge in [0.2, 0.25) is 11.8 Å². The van der Waals surface area contributed by atoms with Gasteiger partial charge in [0, 0.05) is 19.5 Å². The SMILES string of the molecule is CCC(=O)NCCCNC(=O)CC#N. The van der Waals surface area contributed by atoms with Gasteiger partial charge in [-0.3, -0.25) is 9.59 Å². The van der Waals surface area contributed by atoms with Gasteiger partial charge in [-0.2, -0.15) is 5.26 Å². The number of carbonyl (C=O) groups excluding carboxylic acids is 2. The van der Waals surface area contributed by atoms with Crippen LogP contribution in [0.1, 0.15) is 26.2 Å². The minimum absolute atomic E-state index is 0.00773. The molecular formula is C9H15N3O2. The molecule has 0 rings (SSSR count). The van der Waals surface area contributed by atoms with Gasteiger partial charge < -0.3 is 10.6 Å². The fraction of sp³-hybridized carbons (Fsp3) is 0.667. The molecule has 78 valence electrons. The first-order chi connectivity index (χ1) is 6.70. The number of hydrogen-bond donors (Lipinski definition) is 2. The van der Waals surface area contributed by atoms with Crippen molar-refractivity contribution in [3.63, 3.8) is 0 Å². The van der Waals surface area contributed by atoms with Gasteiger partial charge in [-0.1, -0.05) is 6.92 Å². The lowest BCUT2D eigenvalue weighted by Gasteiger charge is -2.04. The number of carbonyl (C=O) groups is 2. The van der Waals surface area contributed by atoms with Crippen LogP contribution < -0.4 is 10.6 Å². The van der Waals surface area contributed by atoms with Crippen molar-refractivity contribution in [1.29, 1.82) is 5.26 Å². The van der Waals surface area contributed by atoms with Gasteiger partial charge in [0.15, 0.2) is 0 Å². The molecule has 5 nitrogen and oxygen atoms in total. The molecule has 0 spiro atoms. The van der Waals surface area contributed by atoms with Crippen molar-refractivity contribution < 1.29 is 9.59 Å². The van der Waals surface area contributed by atoms with Crippen molar-refractivity contribution in [2.24, 2.45) is 0 Å². The van der Waals surface area contributed by atoms with Crippen LogP contribution in [0.2, 0.25) is 0 Å². The Morgan fingerprint density at radius 1 is 1.21 bits per heavy atom. The highest BCUT2D eigenvalue weighted by Crippen LogP contribution is 1.80. The summed E-state index contributed by atoms with van der Waals surface area (Å²) < 4.78 is 0. The largest absolute Gasteiger partial charge is 0.356 e. The van der Waals surface area contributed by atoms with E-state index < -0.39 is 0 Å². The Balaban J connectivity index is 3.26. The molecule has 0 fully saturated rings. The first-order valence-corrected chi connectivity index (χ1v) is 4.61. The lowest BCUT2D eigenvalue weighted by Crippen LogP contribution is -2.29. The van der Waals surface area contributed by atoms with E-state index in [9.17, 15) is 9.59 Å². The minimum atomic E-state index is -0.269. The highest BCUT2D eigenvalue weighted by atomic mass is 16.2. The quantitative estimate of drug-likeness (QED) is 0.585. The smallest absolute Gasteiger partial charge is 0.234 e. The molecule has 14 heavy (non-hydrogen) atoms. The zero-order valence-electron chi connectivity index (χ0n) is 8.30. The van der Waals surface area contributed by atoms with Gasteiger partial charge in [-0.15, -0.1) is 0 Å². The van der Waals surface area contributed by atoms with E-state index in [0.29, 0.717) is 25.9 Å². The monoisotopic (exact) mass is 197 g/mol. The van der Waals surface area contributed by atoms with Gasteiger partial charge in [0.1, 0.15) is 6.42 Å². The zero-order valence-corrected chi connectivity index (χ0v) is 8.30. The number of nitrogens with one attached hydrogen (secondary N) is 2. The summed E-state index contributed by atoms with van der Waals surface area (Å²) in [5.41, 5.74) is 0. The second-order valence-corrected chi connectivity index (χ2v) is 2.74. The van der Waals surface area contributed by atoms with E-state index in [1.165, 1.54) is 0 Å². The maximum atomic E-state index is 10.8. The van der Waals surface area contributed by atoms with E-state index in [0.717, 1.165) is 0 Å². The summed E-state index contributed by atoms with van der Waals surface area (Å²) in [6.07, 6.45) is 1.05. The number of rotatable bonds is 6. The van der Waals surface area contributed by atoms with Crippen LogP contribution in [0.5, 0.6) is 0 Å². The van der Waals surface area contributed by atoms with Gasteiger partial charge in [0.05, 0.1) is 6.07 Å². The molecule has 0 saturated carbocycles. The summed E-state index contributed by atoms with van der Waals surface area (Å²) in [5, 5.41) is 13.4. The third kappa shape index (κ3) is 7.10. The Labute approximate surface area is 83.5 Å². The highest BCUT2D eigenvalue weighted by molar-refractivity contribution is 5.78. The van der Waals surface area contributed by atoms with Crippen molar-refractivity contribution in [1.82, 2.24) is 10.6 Å². The normalized spacial score (nSPS) is 8.86. The summed E-state index contributed by atoms with van der Waals surface area (Å²) in [6.45, 7) is 2.83. The predicted octanol–water partition coefficient (Wildman–Crippen LogP) is -0.0674. The topological polar surface area (TPSA) is 82.0 Å². The van der Waals surface area contributed by atoms with Crippen molar-refractivity contribution in [3.8, 4) is 6.07 Å². The summed E-state index contributed by atoms with van der Waals surface area (Å²) in [7, 11) is 0. The van der Waals surface area contributed by atoms with Gasteiger partial charge in [0.25, 0.3) is 0 Å². The van der Waals surface area contributed by atoms with Crippen LogP contribution in [0.4, 0.5) is 0 Å². The lowest BCUT2D eigenvalue weighted by molar-refractivity contribution is -0.120. The molecule has 0 atom stereocenters. The van der Waals surface area contributed by atoms with Crippen molar-refractivity contribution in [2.75, 3.05) is 13.1 Å². The fourth-order valence-corrected chi connectivity index (χ4v) is 0.803. The molecular weight excluding hydrogens is 182 g/mol. The number of nitriles is 1. The molecule has 5 heteroatoms. The van der Waals surface area contributed by atoms with Gasteiger partial charge in [-0.05, 0) is 6.42 Å². The van der Waals surface area contributed by atoms with Crippen LogP contribution in [0.3, 0.4) is 0 Å². The minimum Gasteiger partial charge on any atom is -0.356 e. The zero-order chi connectivity index (χ0) is 10.8. The third-order valence-corrected chi connectivity index (χ3v) is 1.56. The van der Waals surface area contributed by atoms with Crippen LogP contribution in [-0.4, -0.2) is 24.9 Å². The molecule has 0 aliphatic carbocycles. The first kappa shape index (κ1) is 12.4. The Hall–Kier alpha value is -1.57. The molecule has 2 N–H and O–H groups in total. The molecule has 0 unspecified atom stereocenters. The van der Waals surface area contributed by atoms with Crippen LogP contribution in [0, 0.1) is 11.3 Å². The van der Waals surface area contributed by atoms with E-state index in [-0.39, 0.29) is 18.2 Å². The molecule has 0 saturated heterocycles. The van der Waals surface area contributed by atoms with E-state index in [2.05, 4.69) is 10.6 Å². The Morgan fingerprint density at radius 3 is 2.29 bits per heavy atom. The molecule has 0 aliphatic heterocycles. The Morgan fingerprint density at radius 2 is 1.79 bits per heavy atom. The van der Waals surface area contributed by atoms with Crippen LogP contribution in [-0.2, 0) is 9.59 Å². The van der Waals surface area contributed by atoms with Gasteiger partial charge in [-0.25, -0.2) is 0 Å². The summed E-state index contributed by atoms with van der Waals surface area (Å²) >= 11 is 0. The number of amides is 2. The third-order valence-electron chi connectivity index (χ3n) is 1.56. The molecule has 0 aliphatic rings. The fourth-order valence-electron chi connectivity index (χ4n) is 0.803. The number of nitrogens with zero attached hydrogens (tertiary/aromatic N) is 1. The molecule has 0 aromatic carbocycles. The summed E-state index contributed by atoms with van der Waals surface area (Å²) in [6, 6.07) is 1.75. The standard InChI is InChI=1S/C9H15N3O2/c1-2-8(13)11-6-3-7-12-9(14)4-5-10/h2-4,6-7H2,1H3,(H,11,13)(H,12,14). The van der Waals surface area contributed by atoms with Crippen molar-refractivity contribution in [3.05, 3.63) is 0 Å². The molecule has 0 radical (unpaired) electrons. The average Bonchev–Trinajstić information content (AvgIpc) is 2.17. The predicted molar refractivity (Wildman–Crippen MR) is 51.2 cm³/mol. The maximum absolute atomic E-state index is 10.8. The average molecular weight is 197 g/mol. The molecule has 0 bridgehead atoms. The summed E-state index contributed by atoms with van der Waals surface area (Å²) in [5.74, 6) is -0.261. The second kappa shape index (κ2) is 8.05. The van der Waals surface area contributed by atoms with E-state index in [4.69, 9.17) is 5.26 Å². The van der Waals surface area contributed by atoms with Crippen molar-refractivity contribution in [2.45, 2.75) is 26.2 Å². The van der Waals surface area contributed by atoms with Crippen molar-refractivity contribution >= 4 is 11.8 Å². The molecule has 2 amide bonds.